The fourth-order valence-corrected chi connectivity index (χ4v) is 3.55. The fourth-order valence-electron chi connectivity index (χ4n) is 2.85. The molecule has 0 atom stereocenters. The number of benzene rings is 2. The lowest BCUT2D eigenvalue weighted by molar-refractivity contribution is 0.103. The summed E-state index contributed by atoms with van der Waals surface area (Å²) in [4.78, 5) is 21.9. The molecule has 0 aliphatic heterocycles. The van der Waals surface area contributed by atoms with Gasteiger partial charge >= 0.3 is 0 Å². The number of hydrogen-bond acceptors (Lipinski definition) is 4. The SMILES string of the molecule is Cc1ncsc1C(=O)Nc1cccc(-c2nc3ccccc3n2C)c1. The van der Waals surface area contributed by atoms with E-state index in [4.69, 9.17) is 4.98 Å². The van der Waals surface area contributed by atoms with Gasteiger partial charge in [-0.05, 0) is 31.2 Å². The highest BCUT2D eigenvalue weighted by molar-refractivity contribution is 7.12. The summed E-state index contributed by atoms with van der Waals surface area (Å²) in [7, 11) is 2.00. The quantitative estimate of drug-likeness (QED) is 0.602. The van der Waals surface area contributed by atoms with Crippen LogP contribution in [0.15, 0.2) is 54.0 Å². The number of thiazole rings is 1. The number of fused-ring (bicyclic) bond motifs is 1. The van der Waals surface area contributed by atoms with Gasteiger partial charge in [-0.15, -0.1) is 11.3 Å². The normalized spacial score (nSPS) is 11.0. The van der Waals surface area contributed by atoms with E-state index in [1.54, 1.807) is 5.51 Å². The molecule has 2 heterocycles. The van der Waals surface area contributed by atoms with Crippen molar-refractivity contribution in [1.29, 1.82) is 0 Å². The van der Waals surface area contributed by atoms with Gasteiger partial charge in [0.15, 0.2) is 0 Å². The first-order valence-corrected chi connectivity index (χ1v) is 8.75. The number of aryl methyl sites for hydroxylation is 2. The first kappa shape index (κ1) is 15.5. The second-order valence-electron chi connectivity index (χ2n) is 5.78. The minimum Gasteiger partial charge on any atom is -0.327 e. The van der Waals surface area contributed by atoms with E-state index in [1.165, 1.54) is 11.3 Å². The Bertz CT molecular complexity index is 1080. The molecule has 0 unspecified atom stereocenters. The third kappa shape index (κ3) is 2.81. The Hall–Kier alpha value is -2.99. The second-order valence-corrected chi connectivity index (χ2v) is 6.64. The molecule has 124 valence electrons. The number of carbonyl (C=O) groups is 1. The van der Waals surface area contributed by atoms with Crippen molar-refractivity contribution in [1.82, 2.24) is 14.5 Å². The van der Waals surface area contributed by atoms with Gasteiger partial charge in [0.05, 0.1) is 22.2 Å². The topological polar surface area (TPSA) is 59.8 Å². The highest BCUT2D eigenvalue weighted by Gasteiger charge is 2.13. The number of anilines is 1. The molecular weight excluding hydrogens is 332 g/mol. The largest absolute Gasteiger partial charge is 0.327 e. The zero-order valence-corrected chi connectivity index (χ0v) is 14.7. The number of imidazole rings is 1. The Morgan fingerprint density at radius 2 is 2.00 bits per heavy atom. The van der Waals surface area contributed by atoms with Crippen LogP contribution in [0.4, 0.5) is 5.69 Å². The van der Waals surface area contributed by atoms with Crippen molar-refractivity contribution in [3.63, 3.8) is 0 Å². The Morgan fingerprint density at radius 3 is 2.76 bits per heavy atom. The van der Waals surface area contributed by atoms with E-state index >= 15 is 0 Å². The summed E-state index contributed by atoms with van der Waals surface area (Å²) in [5.41, 5.74) is 6.15. The summed E-state index contributed by atoms with van der Waals surface area (Å²) in [6, 6.07) is 15.8. The van der Waals surface area contributed by atoms with Crippen LogP contribution in [0.5, 0.6) is 0 Å². The maximum Gasteiger partial charge on any atom is 0.267 e. The molecule has 25 heavy (non-hydrogen) atoms. The van der Waals surface area contributed by atoms with Crippen molar-refractivity contribution in [2.24, 2.45) is 7.05 Å². The highest BCUT2D eigenvalue weighted by atomic mass is 32.1. The van der Waals surface area contributed by atoms with Crippen LogP contribution in [-0.4, -0.2) is 20.4 Å². The van der Waals surface area contributed by atoms with Crippen LogP contribution in [0.3, 0.4) is 0 Å². The van der Waals surface area contributed by atoms with E-state index in [-0.39, 0.29) is 5.91 Å². The van der Waals surface area contributed by atoms with E-state index in [1.807, 2.05) is 62.5 Å². The van der Waals surface area contributed by atoms with E-state index in [9.17, 15) is 4.79 Å². The summed E-state index contributed by atoms with van der Waals surface area (Å²) in [6.45, 7) is 1.83. The van der Waals surface area contributed by atoms with Crippen LogP contribution in [-0.2, 0) is 7.05 Å². The molecule has 2 aromatic heterocycles. The van der Waals surface area contributed by atoms with Crippen LogP contribution in [0.25, 0.3) is 22.4 Å². The summed E-state index contributed by atoms with van der Waals surface area (Å²) in [6.07, 6.45) is 0. The molecule has 0 spiro atoms. The average Bonchev–Trinajstić information content (AvgIpc) is 3.19. The average molecular weight is 348 g/mol. The molecule has 2 aromatic carbocycles. The number of nitrogens with one attached hydrogen (secondary N) is 1. The number of amides is 1. The molecule has 0 radical (unpaired) electrons. The van der Waals surface area contributed by atoms with Crippen LogP contribution < -0.4 is 5.32 Å². The number of carbonyl (C=O) groups excluding carboxylic acids is 1. The van der Waals surface area contributed by atoms with Crippen molar-refractivity contribution >= 4 is 34.0 Å². The van der Waals surface area contributed by atoms with E-state index in [2.05, 4.69) is 14.9 Å². The molecule has 0 aliphatic carbocycles. The van der Waals surface area contributed by atoms with Crippen LogP contribution in [0.2, 0.25) is 0 Å². The smallest absolute Gasteiger partial charge is 0.267 e. The molecule has 4 aromatic rings. The first-order chi connectivity index (χ1) is 12.1. The van der Waals surface area contributed by atoms with Crippen molar-refractivity contribution in [3.05, 3.63) is 64.6 Å². The van der Waals surface area contributed by atoms with Gasteiger partial charge in [0.1, 0.15) is 10.7 Å². The fraction of sp³-hybridized carbons (Fsp3) is 0.105. The predicted molar refractivity (Wildman–Crippen MR) is 101 cm³/mol. The van der Waals surface area contributed by atoms with Crippen LogP contribution in [0.1, 0.15) is 15.4 Å². The molecule has 0 bridgehead atoms. The van der Waals surface area contributed by atoms with Gasteiger partial charge in [0, 0.05) is 18.3 Å². The molecule has 0 fully saturated rings. The Kier molecular flexibility index (Phi) is 3.82. The molecule has 0 aliphatic rings. The van der Waals surface area contributed by atoms with E-state index in [0.29, 0.717) is 4.88 Å². The van der Waals surface area contributed by atoms with E-state index < -0.39 is 0 Å². The lowest BCUT2D eigenvalue weighted by Gasteiger charge is -2.07. The Balaban J connectivity index is 1.68. The molecule has 6 heteroatoms. The second kappa shape index (κ2) is 6.14. The molecule has 0 saturated carbocycles. The number of rotatable bonds is 3. The first-order valence-electron chi connectivity index (χ1n) is 7.87. The monoisotopic (exact) mass is 348 g/mol. The third-order valence-corrected chi connectivity index (χ3v) is 5.04. The zero-order chi connectivity index (χ0) is 17.4. The summed E-state index contributed by atoms with van der Waals surface area (Å²) < 4.78 is 2.06. The minimum absolute atomic E-state index is 0.137. The lowest BCUT2D eigenvalue weighted by atomic mass is 10.2. The standard InChI is InChI=1S/C19H16N4OS/c1-12-17(25-11-20-12)19(24)21-14-7-5-6-13(10-14)18-22-15-8-3-4-9-16(15)23(18)2/h3-11H,1-2H3,(H,21,24). The number of hydrogen-bond donors (Lipinski definition) is 1. The summed E-state index contributed by atoms with van der Waals surface area (Å²) >= 11 is 1.34. The number of nitrogens with zero attached hydrogens (tertiary/aromatic N) is 3. The molecule has 4 rings (SSSR count). The van der Waals surface area contributed by atoms with Gasteiger partial charge in [0.2, 0.25) is 0 Å². The lowest BCUT2D eigenvalue weighted by Crippen LogP contribution is -2.11. The minimum atomic E-state index is -0.137. The van der Waals surface area contributed by atoms with Gasteiger partial charge in [-0.3, -0.25) is 4.79 Å². The molecule has 1 amide bonds. The van der Waals surface area contributed by atoms with Crippen LogP contribution >= 0.6 is 11.3 Å². The number of para-hydroxylation sites is 2. The van der Waals surface area contributed by atoms with Crippen molar-refractivity contribution < 1.29 is 4.79 Å². The van der Waals surface area contributed by atoms with Crippen LogP contribution in [0, 0.1) is 6.92 Å². The van der Waals surface area contributed by atoms with Gasteiger partial charge in [-0.25, -0.2) is 9.97 Å². The Labute approximate surface area is 149 Å². The van der Waals surface area contributed by atoms with E-state index in [0.717, 1.165) is 33.8 Å². The molecule has 5 nitrogen and oxygen atoms in total. The third-order valence-electron chi connectivity index (χ3n) is 4.12. The zero-order valence-electron chi connectivity index (χ0n) is 13.9. The molecule has 0 saturated heterocycles. The van der Waals surface area contributed by atoms with Gasteiger partial charge in [-0.1, -0.05) is 24.3 Å². The molecular formula is C19H16N4OS. The van der Waals surface area contributed by atoms with Gasteiger partial charge in [-0.2, -0.15) is 0 Å². The molecule has 1 N–H and O–H groups in total. The maximum absolute atomic E-state index is 12.4. The summed E-state index contributed by atoms with van der Waals surface area (Å²) in [5, 5.41) is 2.94. The highest BCUT2D eigenvalue weighted by Crippen LogP contribution is 2.26. The predicted octanol–water partition coefficient (Wildman–Crippen LogP) is 4.26. The number of aromatic nitrogens is 3. The summed E-state index contributed by atoms with van der Waals surface area (Å²) in [5.74, 6) is 0.730. The van der Waals surface area contributed by atoms with Gasteiger partial charge < -0.3 is 9.88 Å². The van der Waals surface area contributed by atoms with Gasteiger partial charge in [0.25, 0.3) is 5.91 Å². The Morgan fingerprint density at radius 1 is 1.16 bits per heavy atom. The van der Waals surface area contributed by atoms with Crippen molar-refractivity contribution in [3.8, 4) is 11.4 Å². The van der Waals surface area contributed by atoms with Crippen molar-refractivity contribution in [2.45, 2.75) is 6.92 Å². The maximum atomic E-state index is 12.4. The van der Waals surface area contributed by atoms with Crippen molar-refractivity contribution in [2.75, 3.05) is 5.32 Å².